The van der Waals surface area contributed by atoms with Gasteiger partial charge in [0, 0.05) is 0 Å². The predicted octanol–water partition coefficient (Wildman–Crippen LogP) is 3.89. The summed E-state index contributed by atoms with van der Waals surface area (Å²) in [5.41, 5.74) is 14.1. The van der Waals surface area contributed by atoms with Crippen LogP contribution < -0.4 is 27.2 Å². The third-order valence-electron chi connectivity index (χ3n) is 10.0. The first-order valence-corrected chi connectivity index (χ1v) is 16.9. The molecule has 0 bridgehead atoms. The summed E-state index contributed by atoms with van der Waals surface area (Å²) < 4.78 is 1.46. The van der Waals surface area contributed by atoms with E-state index in [0.717, 1.165) is 0 Å². The molecule has 3 aliphatic heterocycles. The van der Waals surface area contributed by atoms with Gasteiger partial charge in [-0.3, -0.25) is 33.5 Å². The van der Waals surface area contributed by atoms with Crippen molar-refractivity contribution < 1.29 is 19.5 Å². The molecule has 14 heteroatoms. The van der Waals surface area contributed by atoms with Gasteiger partial charge in [-0.2, -0.15) is 0 Å². The number of rotatable bonds is 9. The number of carbonyl (C=O) groups excluding carboxylic acids is 3. The predicted molar refractivity (Wildman–Crippen MR) is 199 cm³/mol. The lowest BCUT2D eigenvalue weighted by Gasteiger charge is -2.41. The number of hydrogen-bond acceptors (Lipinski definition) is 8. The third kappa shape index (κ3) is 6.08. The molecule has 0 saturated carbocycles. The molecule has 3 amide bonds. The molecule has 51 heavy (non-hydrogen) atoms. The zero-order chi connectivity index (χ0) is 34.6. The maximum Gasteiger partial charge on any atom is 0.266 e. The fraction of sp³-hybridized carbons (Fsp3) is 0.378. The zero-order valence-corrected chi connectivity index (χ0v) is 30.0. The average Bonchev–Trinajstić information content (AvgIpc) is 3.41. The van der Waals surface area contributed by atoms with Gasteiger partial charge < -0.3 is 21.9 Å². The van der Waals surface area contributed by atoms with Crippen LogP contribution in [0, 0.1) is 5.92 Å². The molecular weight excluding hydrogens is 693 g/mol. The Morgan fingerprint density at radius 2 is 1.63 bits per heavy atom. The highest BCUT2D eigenvalue weighted by Gasteiger charge is 2.67. The molecular formula is C37H43Cl2N7O5. The van der Waals surface area contributed by atoms with Crippen LogP contribution in [-0.2, 0) is 9.59 Å². The number of nitrogens with zero attached hydrogens (tertiary/aromatic N) is 4. The number of carbonyl (C=O) groups is 3. The number of hydrogen-bond donors (Lipinski definition) is 4. The Balaban J connectivity index is 0.00000252. The van der Waals surface area contributed by atoms with Crippen molar-refractivity contribution in [3.63, 3.8) is 0 Å². The van der Waals surface area contributed by atoms with Crippen molar-refractivity contribution in [1.29, 1.82) is 0 Å². The van der Waals surface area contributed by atoms with Crippen LogP contribution >= 0.6 is 24.8 Å². The van der Waals surface area contributed by atoms with E-state index < -0.39 is 47.6 Å². The van der Waals surface area contributed by atoms with Crippen LogP contribution in [0.4, 0.5) is 5.69 Å². The minimum atomic E-state index is -2.14. The molecule has 270 valence electrons. The van der Waals surface area contributed by atoms with E-state index in [1.54, 1.807) is 60.7 Å². The van der Waals surface area contributed by atoms with E-state index in [0.29, 0.717) is 65.6 Å². The zero-order valence-electron chi connectivity index (χ0n) is 28.4. The second-order valence-electron chi connectivity index (χ2n) is 13.6. The third-order valence-corrected chi connectivity index (χ3v) is 10.0. The average molecular weight is 737 g/mol. The Bertz CT molecular complexity index is 2040. The number of nitrogens with one attached hydrogen (secondary N) is 1. The van der Waals surface area contributed by atoms with Gasteiger partial charge in [0.1, 0.15) is 11.9 Å². The lowest BCUT2D eigenvalue weighted by Crippen LogP contribution is -2.61. The summed E-state index contributed by atoms with van der Waals surface area (Å²) >= 11 is 0. The summed E-state index contributed by atoms with van der Waals surface area (Å²) in [5.74, 6) is -4.10. The summed E-state index contributed by atoms with van der Waals surface area (Å²) in [6, 6.07) is 18.2. The van der Waals surface area contributed by atoms with Crippen molar-refractivity contribution in [2.45, 2.75) is 75.8 Å². The molecule has 3 aromatic carbocycles. The fourth-order valence-corrected chi connectivity index (χ4v) is 7.81. The van der Waals surface area contributed by atoms with Gasteiger partial charge in [-0.25, -0.2) is 4.98 Å². The molecule has 5 atom stereocenters. The number of benzene rings is 3. The van der Waals surface area contributed by atoms with Gasteiger partial charge in [-0.1, -0.05) is 62.7 Å². The summed E-state index contributed by atoms with van der Waals surface area (Å²) in [7, 11) is 0. The SMILES string of the molecule is CC(C)CC1C(=O)N2c3ccccc3C(CC3NC(=O)c4ccccc4-n4c3nc3ccccc3c4=O)C2(O)N1C(=O)C(N)CCCCN.Cl.Cl. The van der Waals surface area contributed by atoms with Crippen molar-refractivity contribution >= 4 is 59.1 Å². The van der Waals surface area contributed by atoms with E-state index in [9.17, 15) is 24.3 Å². The molecule has 1 aromatic heterocycles. The molecule has 0 aliphatic carbocycles. The monoisotopic (exact) mass is 735 g/mol. The highest BCUT2D eigenvalue weighted by atomic mass is 35.5. The van der Waals surface area contributed by atoms with E-state index in [-0.39, 0.29) is 48.5 Å². The van der Waals surface area contributed by atoms with Crippen molar-refractivity contribution in [1.82, 2.24) is 19.8 Å². The van der Waals surface area contributed by atoms with Gasteiger partial charge in [-0.05, 0) is 74.0 Å². The van der Waals surface area contributed by atoms with Gasteiger partial charge >= 0.3 is 0 Å². The molecule has 12 nitrogen and oxygen atoms in total. The summed E-state index contributed by atoms with van der Waals surface area (Å²) in [6.45, 7) is 4.37. The summed E-state index contributed by atoms with van der Waals surface area (Å²) in [6.07, 6.45) is 1.96. The Labute approximate surface area is 308 Å². The molecule has 3 aliphatic rings. The largest absolute Gasteiger partial charge is 0.353 e. The van der Waals surface area contributed by atoms with Gasteiger partial charge in [0.2, 0.25) is 11.8 Å². The van der Waals surface area contributed by atoms with Crippen LogP contribution in [0.15, 0.2) is 77.6 Å². The molecule has 0 spiro atoms. The molecule has 4 heterocycles. The van der Waals surface area contributed by atoms with Gasteiger partial charge in [0.15, 0.2) is 0 Å². The normalized spacial score (nSPS) is 22.3. The van der Waals surface area contributed by atoms with Crippen LogP contribution in [0.1, 0.15) is 79.7 Å². The first kappa shape index (κ1) is 37.9. The maximum atomic E-state index is 14.4. The van der Waals surface area contributed by atoms with Crippen molar-refractivity contribution in [3.8, 4) is 5.69 Å². The second kappa shape index (κ2) is 14.7. The fourth-order valence-electron chi connectivity index (χ4n) is 7.81. The number of para-hydroxylation sites is 3. The van der Waals surface area contributed by atoms with Crippen LogP contribution in [-0.4, -0.2) is 61.8 Å². The molecule has 5 unspecified atom stereocenters. The highest BCUT2D eigenvalue weighted by Crippen LogP contribution is 2.56. The molecule has 0 radical (unpaired) electrons. The van der Waals surface area contributed by atoms with Crippen LogP contribution in [0.2, 0.25) is 0 Å². The van der Waals surface area contributed by atoms with Crippen LogP contribution in [0.5, 0.6) is 0 Å². The molecule has 7 rings (SSSR count). The lowest BCUT2D eigenvalue weighted by molar-refractivity contribution is -0.163. The van der Waals surface area contributed by atoms with Crippen LogP contribution in [0.25, 0.3) is 16.6 Å². The van der Waals surface area contributed by atoms with E-state index in [2.05, 4.69) is 5.32 Å². The maximum absolute atomic E-state index is 14.4. The van der Waals surface area contributed by atoms with Crippen molar-refractivity contribution in [2.24, 2.45) is 17.4 Å². The highest BCUT2D eigenvalue weighted by molar-refractivity contribution is 6.07. The number of halogens is 2. The smallest absolute Gasteiger partial charge is 0.266 e. The number of fused-ring (bicyclic) bond motifs is 7. The molecule has 4 aromatic rings. The number of unbranched alkanes of at least 4 members (excludes halogenated alkanes) is 1. The molecule has 1 fully saturated rings. The van der Waals surface area contributed by atoms with Crippen LogP contribution in [0.3, 0.4) is 0 Å². The van der Waals surface area contributed by atoms with E-state index in [1.165, 1.54) is 14.4 Å². The van der Waals surface area contributed by atoms with Crippen molar-refractivity contribution in [3.05, 3.63) is 100 Å². The van der Waals surface area contributed by atoms with Gasteiger partial charge in [0.05, 0.1) is 45.8 Å². The number of amides is 3. The van der Waals surface area contributed by atoms with Gasteiger partial charge in [0.25, 0.3) is 17.4 Å². The van der Waals surface area contributed by atoms with E-state index in [4.69, 9.17) is 16.5 Å². The van der Waals surface area contributed by atoms with E-state index >= 15 is 0 Å². The van der Waals surface area contributed by atoms with Gasteiger partial charge in [-0.15, -0.1) is 24.8 Å². The Kier molecular flexibility index (Phi) is 10.9. The van der Waals surface area contributed by atoms with Crippen molar-refractivity contribution in [2.75, 3.05) is 11.4 Å². The molecule has 1 saturated heterocycles. The topological polar surface area (TPSA) is 177 Å². The number of aromatic nitrogens is 2. The summed E-state index contributed by atoms with van der Waals surface area (Å²) in [5, 5.41) is 16.5. The Morgan fingerprint density at radius 3 is 2.35 bits per heavy atom. The summed E-state index contributed by atoms with van der Waals surface area (Å²) in [4.78, 5) is 64.3. The van der Waals surface area contributed by atoms with E-state index in [1.807, 2.05) is 26.0 Å². The first-order valence-electron chi connectivity index (χ1n) is 16.9. The molecule has 6 N–H and O–H groups in total. The quantitative estimate of drug-likeness (QED) is 0.187. The number of aliphatic hydroxyl groups is 1. The number of nitrogens with two attached hydrogens (primary N) is 2. The second-order valence-corrected chi connectivity index (χ2v) is 13.6. The standard InChI is InChI=1S/C37H41N7O5.2ClH/c1-21(2)19-31-36(48)43-30-17-8-4-11-22(30)25(37(43,49)44(31)35(47)26(39)14-9-10-18-38)20-28-32-40-27-15-6-3-12-23(27)34(46)42(32)29-16-7-5-13-24(29)33(45)41-28;;/h3-8,11-13,15-17,21,25-26,28,31,49H,9-10,14,18-20,38-39H2,1-2H3,(H,41,45);2*1H. The number of anilines is 1. The minimum absolute atomic E-state index is 0. The minimum Gasteiger partial charge on any atom is -0.353 e. The Morgan fingerprint density at radius 1 is 0.961 bits per heavy atom. The first-order chi connectivity index (χ1) is 23.6. The lowest BCUT2D eigenvalue weighted by atomic mass is 9.87. The Hall–Kier alpha value is -4.33.